The van der Waals surface area contributed by atoms with Gasteiger partial charge in [-0.05, 0) is 32.2 Å². The zero-order chi connectivity index (χ0) is 9.52. The van der Waals surface area contributed by atoms with Gasteiger partial charge < -0.3 is 10.1 Å². The van der Waals surface area contributed by atoms with E-state index >= 15 is 0 Å². The molecular formula is C10H17NO2. The SMILES string of the molecule is C=CCCCOC(=O)[C@H]1CCCN1. The third-order valence-electron chi connectivity index (χ3n) is 2.14. The lowest BCUT2D eigenvalue weighted by atomic mass is 10.2. The summed E-state index contributed by atoms with van der Waals surface area (Å²) in [6, 6.07) is -0.0521. The molecule has 0 radical (unpaired) electrons. The van der Waals surface area contributed by atoms with Crippen LogP contribution < -0.4 is 5.32 Å². The maximum absolute atomic E-state index is 11.3. The Bertz CT molecular complexity index is 174. The summed E-state index contributed by atoms with van der Waals surface area (Å²) in [4.78, 5) is 11.3. The van der Waals surface area contributed by atoms with Gasteiger partial charge >= 0.3 is 5.97 Å². The highest BCUT2D eigenvalue weighted by atomic mass is 16.5. The molecule has 0 aromatic rings. The molecule has 1 atom stereocenters. The van der Waals surface area contributed by atoms with Crippen LogP contribution in [-0.4, -0.2) is 25.2 Å². The number of rotatable bonds is 5. The first kappa shape index (κ1) is 10.3. The smallest absolute Gasteiger partial charge is 0.323 e. The van der Waals surface area contributed by atoms with Crippen molar-refractivity contribution in [3.8, 4) is 0 Å². The molecular weight excluding hydrogens is 166 g/mol. The van der Waals surface area contributed by atoms with Crippen LogP contribution in [0.5, 0.6) is 0 Å². The van der Waals surface area contributed by atoms with Gasteiger partial charge in [-0.1, -0.05) is 6.08 Å². The van der Waals surface area contributed by atoms with Crippen LogP contribution in [0.4, 0.5) is 0 Å². The third-order valence-corrected chi connectivity index (χ3v) is 2.14. The summed E-state index contributed by atoms with van der Waals surface area (Å²) in [5, 5.41) is 3.10. The maximum atomic E-state index is 11.3. The molecule has 3 nitrogen and oxygen atoms in total. The van der Waals surface area contributed by atoms with E-state index < -0.39 is 0 Å². The molecule has 1 fully saturated rings. The average molecular weight is 183 g/mol. The van der Waals surface area contributed by atoms with Gasteiger partial charge in [-0.25, -0.2) is 0 Å². The van der Waals surface area contributed by atoms with E-state index in [2.05, 4.69) is 11.9 Å². The monoisotopic (exact) mass is 183 g/mol. The van der Waals surface area contributed by atoms with Gasteiger partial charge in [-0.15, -0.1) is 6.58 Å². The number of esters is 1. The zero-order valence-electron chi connectivity index (χ0n) is 7.92. The largest absolute Gasteiger partial charge is 0.465 e. The molecule has 0 unspecified atom stereocenters. The number of hydrogen-bond donors (Lipinski definition) is 1. The molecule has 0 spiro atoms. The van der Waals surface area contributed by atoms with Gasteiger partial charge in [0.25, 0.3) is 0 Å². The summed E-state index contributed by atoms with van der Waals surface area (Å²) in [6.07, 6.45) is 5.61. The number of nitrogens with one attached hydrogen (secondary N) is 1. The average Bonchev–Trinajstić information content (AvgIpc) is 2.65. The van der Waals surface area contributed by atoms with Crippen molar-refractivity contribution in [3.63, 3.8) is 0 Å². The van der Waals surface area contributed by atoms with E-state index in [1.54, 1.807) is 0 Å². The van der Waals surface area contributed by atoms with Crippen molar-refractivity contribution in [3.05, 3.63) is 12.7 Å². The molecule has 1 N–H and O–H groups in total. The summed E-state index contributed by atoms with van der Waals surface area (Å²) >= 11 is 0. The number of carbonyl (C=O) groups excluding carboxylic acids is 1. The molecule has 1 heterocycles. The van der Waals surface area contributed by atoms with Gasteiger partial charge in [0, 0.05) is 0 Å². The molecule has 1 rings (SSSR count). The number of carbonyl (C=O) groups is 1. The first-order chi connectivity index (χ1) is 6.34. The van der Waals surface area contributed by atoms with E-state index in [1.165, 1.54) is 0 Å². The molecule has 0 amide bonds. The minimum Gasteiger partial charge on any atom is -0.465 e. The van der Waals surface area contributed by atoms with Crippen LogP contribution in [0.3, 0.4) is 0 Å². The van der Waals surface area contributed by atoms with Crippen LogP contribution >= 0.6 is 0 Å². The van der Waals surface area contributed by atoms with Gasteiger partial charge in [0.15, 0.2) is 0 Å². The summed E-state index contributed by atoms with van der Waals surface area (Å²) in [7, 11) is 0. The predicted octanol–water partition coefficient (Wildman–Crippen LogP) is 1.25. The number of hydrogen-bond acceptors (Lipinski definition) is 3. The maximum Gasteiger partial charge on any atom is 0.323 e. The number of ether oxygens (including phenoxy) is 1. The zero-order valence-corrected chi connectivity index (χ0v) is 7.92. The van der Waals surface area contributed by atoms with Crippen LogP contribution in [0.25, 0.3) is 0 Å². The van der Waals surface area contributed by atoms with Crippen molar-refractivity contribution in [1.29, 1.82) is 0 Å². The van der Waals surface area contributed by atoms with Crippen molar-refractivity contribution < 1.29 is 9.53 Å². The fraction of sp³-hybridized carbons (Fsp3) is 0.700. The minimum atomic E-state index is -0.0958. The Morgan fingerprint density at radius 2 is 2.54 bits per heavy atom. The van der Waals surface area contributed by atoms with Crippen LogP contribution in [0.2, 0.25) is 0 Å². The van der Waals surface area contributed by atoms with E-state index in [1.807, 2.05) is 6.08 Å². The molecule has 0 aliphatic carbocycles. The second-order valence-electron chi connectivity index (χ2n) is 3.25. The summed E-state index contributed by atoms with van der Waals surface area (Å²) in [6.45, 7) is 5.06. The first-order valence-electron chi connectivity index (χ1n) is 4.85. The van der Waals surface area contributed by atoms with Crippen molar-refractivity contribution in [2.24, 2.45) is 0 Å². The summed E-state index contributed by atoms with van der Waals surface area (Å²) in [5.74, 6) is -0.0958. The Morgan fingerprint density at radius 3 is 3.15 bits per heavy atom. The van der Waals surface area contributed by atoms with Gasteiger partial charge in [0.05, 0.1) is 6.61 Å². The van der Waals surface area contributed by atoms with Gasteiger partial charge in [-0.3, -0.25) is 4.79 Å². The highest BCUT2D eigenvalue weighted by Crippen LogP contribution is 2.06. The van der Waals surface area contributed by atoms with Gasteiger partial charge in [0.1, 0.15) is 6.04 Å². The predicted molar refractivity (Wildman–Crippen MR) is 51.4 cm³/mol. The van der Waals surface area contributed by atoms with Crippen molar-refractivity contribution in [2.75, 3.05) is 13.2 Å². The molecule has 1 saturated heterocycles. The fourth-order valence-electron chi connectivity index (χ4n) is 1.39. The molecule has 3 heteroatoms. The highest BCUT2D eigenvalue weighted by molar-refractivity contribution is 5.76. The molecule has 1 aliphatic heterocycles. The molecule has 74 valence electrons. The Kier molecular flexibility index (Phi) is 4.54. The standard InChI is InChI=1S/C10H17NO2/c1-2-3-4-8-13-10(12)9-6-5-7-11-9/h2,9,11H,1,3-8H2/t9-/m1/s1. The fourth-order valence-corrected chi connectivity index (χ4v) is 1.39. The van der Waals surface area contributed by atoms with Gasteiger partial charge in [0.2, 0.25) is 0 Å². The Morgan fingerprint density at radius 1 is 1.69 bits per heavy atom. The summed E-state index contributed by atoms with van der Waals surface area (Å²) < 4.78 is 5.08. The Labute approximate surface area is 79.2 Å². The second-order valence-corrected chi connectivity index (χ2v) is 3.25. The highest BCUT2D eigenvalue weighted by Gasteiger charge is 2.22. The number of unbranched alkanes of at least 4 members (excludes halogenated alkanes) is 1. The molecule has 0 bridgehead atoms. The van der Waals surface area contributed by atoms with Crippen LogP contribution in [0, 0.1) is 0 Å². The lowest BCUT2D eigenvalue weighted by Crippen LogP contribution is -2.32. The molecule has 0 saturated carbocycles. The summed E-state index contributed by atoms with van der Waals surface area (Å²) in [5.41, 5.74) is 0. The van der Waals surface area contributed by atoms with E-state index in [4.69, 9.17) is 4.74 Å². The van der Waals surface area contributed by atoms with Crippen molar-refractivity contribution >= 4 is 5.97 Å². The Balaban J connectivity index is 2.06. The van der Waals surface area contributed by atoms with Crippen molar-refractivity contribution in [1.82, 2.24) is 5.32 Å². The van der Waals surface area contributed by atoms with Crippen molar-refractivity contribution in [2.45, 2.75) is 31.7 Å². The normalized spacial score (nSPS) is 21.4. The third kappa shape index (κ3) is 3.59. The van der Waals surface area contributed by atoms with E-state index in [0.29, 0.717) is 6.61 Å². The topological polar surface area (TPSA) is 38.3 Å². The molecule has 1 aliphatic rings. The van der Waals surface area contributed by atoms with Gasteiger partial charge in [-0.2, -0.15) is 0 Å². The van der Waals surface area contributed by atoms with Crippen LogP contribution in [-0.2, 0) is 9.53 Å². The lowest BCUT2D eigenvalue weighted by molar-refractivity contribution is -0.145. The minimum absolute atomic E-state index is 0.0521. The molecule has 13 heavy (non-hydrogen) atoms. The molecule has 0 aromatic heterocycles. The van der Waals surface area contributed by atoms with Crippen LogP contribution in [0.1, 0.15) is 25.7 Å². The Hall–Kier alpha value is -0.830. The lowest BCUT2D eigenvalue weighted by Gasteiger charge is -2.09. The second kappa shape index (κ2) is 5.75. The van der Waals surface area contributed by atoms with E-state index in [0.717, 1.165) is 32.2 Å². The first-order valence-corrected chi connectivity index (χ1v) is 4.85. The van der Waals surface area contributed by atoms with Crippen LogP contribution in [0.15, 0.2) is 12.7 Å². The molecule has 0 aromatic carbocycles. The number of allylic oxidation sites excluding steroid dienone is 1. The quantitative estimate of drug-likeness (QED) is 0.396. The van der Waals surface area contributed by atoms with E-state index in [-0.39, 0.29) is 12.0 Å². The van der Waals surface area contributed by atoms with E-state index in [9.17, 15) is 4.79 Å².